The maximum atomic E-state index is 13.3. The zero-order valence-corrected chi connectivity index (χ0v) is 11.0. The van der Waals surface area contributed by atoms with Gasteiger partial charge in [-0.15, -0.1) is 6.58 Å². The highest BCUT2D eigenvalue weighted by atomic mass is 19.1. The second-order valence-corrected chi connectivity index (χ2v) is 4.31. The molecule has 0 radical (unpaired) electrons. The number of aliphatic hydroxyl groups is 1. The summed E-state index contributed by atoms with van der Waals surface area (Å²) in [5.74, 6) is -2.17. The van der Waals surface area contributed by atoms with Crippen LogP contribution in [0.3, 0.4) is 0 Å². The van der Waals surface area contributed by atoms with E-state index in [-0.39, 0.29) is 12.1 Å². The minimum Gasteiger partial charge on any atom is -0.481 e. The predicted octanol–water partition coefficient (Wildman–Crippen LogP) is 1.39. The van der Waals surface area contributed by atoms with Crippen molar-refractivity contribution in [1.82, 2.24) is 5.32 Å². The molecule has 0 saturated heterocycles. The van der Waals surface area contributed by atoms with Gasteiger partial charge in [-0.3, -0.25) is 14.9 Å². The summed E-state index contributed by atoms with van der Waals surface area (Å²) in [6.07, 6.45) is -0.255. The van der Waals surface area contributed by atoms with Crippen LogP contribution in [-0.4, -0.2) is 33.7 Å². The van der Waals surface area contributed by atoms with E-state index in [0.717, 1.165) is 12.1 Å². The summed E-state index contributed by atoms with van der Waals surface area (Å²) < 4.78 is 13.3. The molecule has 0 amide bonds. The summed E-state index contributed by atoms with van der Waals surface area (Å²) in [5, 5.41) is 32.4. The van der Waals surface area contributed by atoms with Crippen molar-refractivity contribution in [2.45, 2.75) is 18.6 Å². The molecule has 8 heteroatoms. The van der Waals surface area contributed by atoms with Gasteiger partial charge in [0.2, 0.25) is 5.82 Å². The summed E-state index contributed by atoms with van der Waals surface area (Å²) in [6.45, 7) is 3.71. The maximum absolute atomic E-state index is 13.3. The Morgan fingerprint density at radius 2 is 2.24 bits per heavy atom. The third-order valence-electron chi connectivity index (χ3n) is 2.81. The Balaban J connectivity index is 3.04. The van der Waals surface area contributed by atoms with Crippen molar-refractivity contribution in [2.24, 2.45) is 0 Å². The van der Waals surface area contributed by atoms with Gasteiger partial charge in [0, 0.05) is 18.7 Å². The standard InChI is InChI=1S/C13H15FN2O5/c1-2-5-15-10(7-12(17)18)13(19)8-3-4-9(14)11(6-8)16(20)21/h2-4,6,10,13,15,19H,1,5,7H2,(H,17,18). The van der Waals surface area contributed by atoms with Crippen molar-refractivity contribution in [3.8, 4) is 0 Å². The lowest BCUT2D eigenvalue weighted by Crippen LogP contribution is -2.37. The first-order chi connectivity index (χ1) is 9.86. The van der Waals surface area contributed by atoms with E-state index < -0.39 is 41.0 Å². The van der Waals surface area contributed by atoms with E-state index in [9.17, 15) is 24.4 Å². The summed E-state index contributed by atoms with van der Waals surface area (Å²) in [4.78, 5) is 20.6. The molecule has 7 nitrogen and oxygen atoms in total. The summed E-state index contributed by atoms with van der Waals surface area (Å²) in [7, 11) is 0. The monoisotopic (exact) mass is 298 g/mol. The number of nitrogens with zero attached hydrogens (tertiary/aromatic N) is 1. The van der Waals surface area contributed by atoms with Crippen LogP contribution in [0, 0.1) is 15.9 Å². The smallest absolute Gasteiger partial charge is 0.305 e. The Hall–Kier alpha value is -2.32. The van der Waals surface area contributed by atoms with Gasteiger partial charge < -0.3 is 15.5 Å². The number of carboxylic acid groups (broad SMARTS) is 1. The van der Waals surface area contributed by atoms with Crippen molar-refractivity contribution in [3.05, 3.63) is 52.3 Å². The van der Waals surface area contributed by atoms with Crippen molar-refractivity contribution in [2.75, 3.05) is 6.54 Å². The summed E-state index contributed by atoms with van der Waals surface area (Å²) >= 11 is 0. The molecule has 0 heterocycles. The number of carbonyl (C=O) groups is 1. The number of nitrogens with one attached hydrogen (secondary N) is 1. The van der Waals surface area contributed by atoms with Gasteiger partial charge in [-0.1, -0.05) is 12.1 Å². The van der Waals surface area contributed by atoms with Gasteiger partial charge in [-0.25, -0.2) is 0 Å². The number of aliphatic hydroxyl groups excluding tert-OH is 1. The Bertz CT molecular complexity index is 549. The molecule has 0 aliphatic heterocycles. The molecule has 0 saturated carbocycles. The molecule has 1 aromatic carbocycles. The minimum atomic E-state index is -1.33. The molecule has 0 aliphatic carbocycles. The van der Waals surface area contributed by atoms with E-state index in [1.807, 2.05) is 0 Å². The van der Waals surface area contributed by atoms with Gasteiger partial charge in [-0.05, 0) is 11.6 Å². The molecule has 0 bridgehead atoms. The van der Waals surface area contributed by atoms with E-state index in [2.05, 4.69) is 11.9 Å². The normalized spacial score (nSPS) is 13.4. The lowest BCUT2D eigenvalue weighted by atomic mass is 9.99. The Labute approximate surface area is 119 Å². The highest BCUT2D eigenvalue weighted by Crippen LogP contribution is 2.25. The van der Waals surface area contributed by atoms with Crippen LogP contribution in [0.25, 0.3) is 0 Å². The zero-order valence-electron chi connectivity index (χ0n) is 11.0. The summed E-state index contributed by atoms with van der Waals surface area (Å²) in [5.41, 5.74) is -0.713. The lowest BCUT2D eigenvalue weighted by Gasteiger charge is -2.22. The number of halogens is 1. The quantitative estimate of drug-likeness (QED) is 0.380. The number of rotatable bonds is 8. The number of aliphatic carboxylic acids is 1. The van der Waals surface area contributed by atoms with E-state index >= 15 is 0 Å². The number of nitro groups is 1. The number of benzene rings is 1. The van der Waals surface area contributed by atoms with E-state index in [4.69, 9.17) is 5.11 Å². The van der Waals surface area contributed by atoms with Gasteiger partial charge in [0.25, 0.3) is 0 Å². The fraction of sp³-hybridized carbons (Fsp3) is 0.308. The number of hydrogen-bond acceptors (Lipinski definition) is 5. The molecule has 114 valence electrons. The molecule has 0 spiro atoms. The van der Waals surface area contributed by atoms with Crippen LogP contribution in [0.5, 0.6) is 0 Å². The first-order valence-corrected chi connectivity index (χ1v) is 6.04. The predicted molar refractivity (Wildman–Crippen MR) is 72.3 cm³/mol. The highest BCUT2D eigenvalue weighted by Gasteiger charge is 2.25. The van der Waals surface area contributed by atoms with Crippen molar-refractivity contribution in [3.63, 3.8) is 0 Å². The topological polar surface area (TPSA) is 113 Å². The molecular weight excluding hydrogens is 283 g/mol. The largest absolute Gasteiger partial charge is 0.481 e. The Morgan fingerprint density at radius 1 is 1.57 bits per heavy atom. The first kappa shape index (κ1) is 16.7. The van der Waals surface area contributed by atoms with E-state index in [1.165, 1.54) is 12.1 Å². The maximum Gasteiger partial charge on any atom is 0.305 e. The van der Waals surface area contributed by atoms with E-state index in [1.54, 1.807) is 0 Å². The molecule has 1 aromatic rings. The van der Waals surface area contributed by atoms with E-state index in [0.29, 0.717) is 0 Å². The number of hydrogen-bond donors (Lipinski definition) is 3. The molecule has 0 aromatic heterocycles. The van der Waals surface area contributed by atoms with Gasteiger partial charge in [0.1, 0.15) is 0 Å². The van der Waals surface area contributed by atoms with Gasteiger partial charge in [-0.2, -0.15) is 4.39 Å². The number of nitro benzene ring substituents is 1. The van der Waals surface area contributed by atoms with Crippen LogP contribution in [-0.2, 0) is 4.79 Å². The zero-order chi connectivity index (χ0) is 16.0. The lowest BCUT2D eigenvalue weighted by molar-refractivity contribution is -0.387. The van der Waals surface area contributed by atoms with Gasteiger partial charge in [0.05, 0.1) is 17.4 Å². The third kappa shape index (κ3) is 4.62. The third-order valence-corrected chi connectivity index (χ3v) is 2.81. The minimum absolute atomic E-state index is 0.0610. The molecule has 3 N–H and O–H groups in total. The first-order valence-electron chi connectivity index (χ1n) is 6.04. The molecule has 1 rings (SSSR count). The average Bonchev–Trinajstić information content (AvgIpc) is 2.42. The van der Waals surface area contributed by atoms with Gasteiger partial charge >= 0.3 is 11.7 Å². The van der Waals surface area contributed by atoms with Crippen LogP contribution in [0.4, 0.5) is 10.1 Å². The molecule has 0 aliphatic rings. The molecule has 2 unspecified atom stereocenters. The Morgan fingerprint density at radius 3 is 2.76 bits per heavy atom. The molecule has 2 atom stereocenters. The number of carboxylic acids is 1. The Kier molecular flexibility index (Phi) is 5.94. The van der Waals surface area contributed by atoms with Crippen LogP contribution >= 0.6 is 0 Å². The molecule has 0 fully saturated rings. The van der Waals surface area contributed by atoms with Crippen LogP contribution < -0.4 is 5.32 Å². The van der Waals surface area contributed by atoms with Crippen molar-refractivity contribution >= 4 is 11.7 Å². The van der Waals surface area contributed by atoms with Crippen molar-refractivity contribution < 1.29 is 24.3 Å². The fourth-order valence-electron chi connectivity index (χ4n) is 1.80. The highest BCUT2D eigenvalue weighted by molar-refractivity contribution is 5.67. The molecular formula is C13H15FN2O5. The average molecular weight is 298 g/mol. The van der Waals surface area contributed by atoms with Crippen molar-refractivity contribution in [1.29, 1.82) is 0 Å². The van der Waals surface area contributed by atoms with Crippen LogP contribution in [0.2, 0.25) is 0 Å². The second-order valence-electron chi connectivity index (χ2n) is 4.31. The molecule has 21 heavy (non-hydrogen) atoms. The fourth-order valence-corrected chi connectivity index (χ4v) is 1.80. The van der Waals surface area contributed by atoms with Crippen LogP contribution in [0.15, 0.2) is 30.9 Å². The van der Waals surface area contributed by atoms with Gasteiger partial charge in [0.15, 0.2) is 0 Å². The van der Waals surface area contributed by atoms with Crippen LogP contribution in [0.1, 0.15) is 18.1 Å². The SMILES string of the molecule is C=CCNC(CC(=O)O)C(O)c1ccc(F)c([N+](=O)[O-])c1. The second kappa shape index (κ2) is 7.46. The summed E-state index contributed by atoms with van der Waals surface area (Å²) in [6, 6.07) is 2.05.